The van der Waals surface area contributed by atoms with Gasteiger partial charge in [0, 0.05) is 32.7 Å². The Morgan fingerprint density at radius 3 is 1.39 bits per heavy atom. The molecule has 1 saturated heterocycles. The molecule has 0 aliphatic carbocycles. The fraction of sp³-hybridized carbons (Fsp3) is 0.706. The van der Waals surface area contributed by atoms with Crippen LogP contribution in [0.2, 0.25) is 0 Å². The first kappa shape index (κ1) is 26.2. The highest BCUT2D eigenvalue weighted by molar-refractivity contribution is 5.73. The smallest absolute Gasteiger partial charge is 0.317 e. The molecule has 14 nitrogen and oxygen atoms in total. The van der Waals surface area contributed by atoms with E-state index in [1.54, 1.807) is 0 Å². The Balaban J connectivity index is 2.97. The van der Waals surface area contributed by atoms with Crippen molar-refractivity contribution in [1.29, 1.82) is 0 Å². The summed E-state index contributed by atoms with van der Waals surface area (Å²) in [5.74, 6) is -6.12. The average molecular weight is 448 g/mol. The van der Waals surface area contributed by atoms with Crippen LogP contribution in [0.5, 0.6) is 0 Å². The van der Waals surface area contributed by atoms with Crippen molar-refractivity contribution in [3.05, 3.63) is 0 Å². The molecule has 0 aromatic heterocycles. The van der Waals surface area contributed by atoms with E-state index in [1.807, 2.05) is 4.90 Å². The molecule has 1 atom stereocenters. The first-order valence-corrected chi connectivity index (χ1v) is 9.49. The maximum Gasteiger partial charge on any atom is 0.317 e. The fourth-order valence-electron chi connectivity index (χ4n) is 3.25. The molecule has 0 radical (unpaired) electrons. The Hall–Kier alpha value is -2.81. The minimum absolute atomic E-state index is 0.00875. The van der Waals surface area contributed by atoms with Crippen LogP contribution in [0.25, 0.3) is 0 Å². The van der Waals surface area contributed by atoms with E-state index in [2.05, 4.69) is 0 Å². The van der Waals surface area contributed by atoms with E-state index in [4.69, 9.17) is 20.4 Å². The van der Waals surface area contributed by atoms with Gasteiger partial charge >= 0.3 is 29.8 Å². The lowest BCUT2D eigenvalue weighted by molar-refractivity contribution is -0.148. The summed E-state index contributed by atoms with van der Waals surface area (Å²) in [6.45, 7) is -1.58. The van der Waals surface area contributed by atoms with Gasteiger partial charge in [0.25, 0.3) is 0 Å². The molecular weight excluding hydrogens is 420 g/mol. The Bertz CT molecular complexity index is 637. The van der Waals surface area contributed by atoms with Crippen LogP contribution >= 0.6 is 0 Å². The van der Waals surface area contributed by atoms with Crippen LogP contribution in [-0.4, -0.2) is 147 Å². The number of carboxylic acids is 5. The zero-order valence-electron chi connectivity index (χ0n) is 16.9. The fourth-order valence-corrected chi connectivity index (χ4v) is 3.25. The minimum Gasteiger partial charge on any atom is -0.480 e. The van der Waals surface area contributed by atoms with Crippen molar-refractivity contribution in [3.63, 3.8) is 0 Å². The number of hydrogen-bond acceptors (Lipinski definition) is 9. The Labute approximate surface area is 177 Å². The van der Waals surface area contributed by atoms with Gasteiger partial charge in [0.05, 0.1) is 38.9 Å². The normalized spacial score (nSPS) is 15.1. The van der Waals surface area contributed by atoms with Gasteiger partial charge in [-0.1, -0.05) is 0 Å². The molecule has 0 aromatic carbocycles. The molecule has 0 bridgehead atoms. The van der Waals surface area contributed by atoms with Gasteiger partial charge in [-0.3, -0.25) is 43.6 Å². The highest BCUT2D eigenvalue weighted by Gasteiger charge is 2.33. The van der Waals surface area contributed by atoms with Gasteiger partial charge in [0.2, 0.25) is 0 Å². The molecule has 1 heterocycles. The van der Waals surface area contributed by atoms with Gasteiger partial charge in [-0.15, -0.1) is 0 Å². The maximum absolute atomic E-state index is 11.3. The first-order valence-electron chi connectivity index (χ1n) is 9.49. The third-order valence-electron chi connectivity index (χ3n) is 4.64. The Morgan fingerprint density at radius 1 is 0.645 bits per heavy atom. The molecule has 31 heavy (non-hydrogen) atoms. The van der Waals surface area contributed by atoms with Crippen molar-refractivity contribution < 1.29 is 49.5 Å². The monoisotopic (exact) mass is 448 g/mol. The van der Waals surface area contributed by atoms with E-state index in [1.165, 1.54) is 9.80 Å². The summed E-state index contributed by atoms with van der Waals surface area (Å²) in [5.41, 5.74) is 0. The van der Waals surface area contributed by atoms with Crippen LogP contribution in [0.3, 0.4) is 0 Å². The van der Waals surface area contributed by atoms with Crippen LogP contribution in [0.4, 0.5) is 0 Å². The maximum atomic E-state index is 11.3. The molecule has 1 unspecified atom stereocenters. The summed E-state index contributed by atoms with van der Waals surface area (Å²) in [4.78, 5) is 61.3. The van der Waals surface area contributed by atoms with E-state index in [9.17, 15) is 29.1 Å². The van der Waals surface area contributed by atoms with Crippen LogP contribution in [0.1, 0.15) is 6.42 Å². The summed E-state index contributed by atoms with van der Waals surface area (Å²) in [7, 11) is 0. The third-order valence-corrected chi connectivity index (χ3v) is 4.64. The molecule has 1 aliphatic rings. The van der Waals surface area contributed by atoms with Crippen LogP contribution in [-0.2, 0) is 24.0 Å². The van der Waals surface area contributed by atoms with Crippen LogP contribution in [0, 0.1) is 0 Å². The summed E-state index contributed by atoms with van der Waals surface area (Å²) in [6, 6.07) is 0. The average Bonchev–Trinajstić information content (AvgIpc) is 2.54. The topological polar surface area (TPSA) is 199 Å². The predicted molar refractivity (Wildman–Crippen MR) is 103 cm³/mol. The standard InChI is InChI=1S/C17H28N4O10/c22-13(23)7-18(4-5-19(8-14(24)25)9-15(26)27)6-12(20-2-1-3-20)21(10-16(28)29)11-17(30)31/h12H,1-11H2,(H,22,23)(H,24,25)(H,26,27)(H,28,29)(H,30,31). The second kappa shape index (κ2) is 12.8. The molecule has 0 amide bonds. The van der Waals surface area contributed by atoms with Crippen molar-refractivity contribution in [2.75, 3.05) is 65.4 Å². The number of nitrogens with zero attached hydrogens (tertiary/aromatic N) is 4. The van der Waals surface area contributed by atoms with Crippen LogP contribution in [0.15, 0.2) is 0 Å². The third kappa shape index (κ3) is 10.7. The predicted octanol–water partition coefficient (Wildman–Crippen LogP) is -2.65. The van der Waals surface area contributed by atoms with Crippen molar-refractivity contribution >= 4 is 29.8 Å². The largest absolute Gasteiger partial charge is 0.480 e. The van der Waals surface area contributed by atoms with E-state index in [0.29, 0.717) is 13.1 Å². The van der Waals surface area contributed by atoms with Gasteiger partial charge < -0.3 is 25.5 Å². The van der Waals surface area contributed by atoms with Gasteiger partial charge in [-0.2, -0.15) is 0 Å². The van der Waals surface area contributed by atoms with Crippen molar-refractivity contribution in [2.45, 2.75) is 12.6 Å². The SMILES string of the molecule is O=C(O)CN(CCN(CC(=O)O)CC(N1CCC1)N(CC(=O)O)CC(=O)O)CC(=O)O. The minimum atomic E-state index is -1.24. The van der Waals surface area contributed by atoms with E-state index >= 15 is 0 Å². The van der Waals surface area contributed by atoms with Gasteiger partial charge in [0.15, 0.2) is 0 Å². The molecule has 1 aliphatic heterocycles. The molecule has 0 spiro atoms. The van der Waals surface area contributed by atoms with Gasteiger partial charge in [0.1, 0.15) is 0 Å². The number of carboxylic acid groups (broad SMARTS) is 5. The zero-order valence-corrected chi connectivity index (χ0v) is 16.9. The second-order valence-electron chi connectivity index (χ2n) is 7.19. The van der Waals surface area contributed by atoms with Crippen molar-refractivity contribution in [1.82, 2.24) is 19.6 Å². The number of likely N-dealkylation sites (tertiary alicyclic amines) is 1. The summed E-state index contributed by atoms with van der Waals surface area (Å²) < 4.78 is 0. The molecule has 176 valence electrons. The molecule has 1 fully saturated rings. The summed E-state index contributed by atoms with van der Waals surface area (Å²) >= 11 is 0. The van der Waals surface area contributed by atoms with E-state index < -0.39 is 68.7 Å². The second-order valence-corrected chi connectivity index (χ2v) is 7.19. The van der Waals surface area contributed by atoms with Crippen molar-refractivity contribution in [2.24, 2.45) is 0 Å². The molecule has 1 rings (SSSR count). The zero-order chi connectivity index (χ0) is 23.6. The Kier molecular flexibility index (Phi) is 10.8. The van der Waals surface area contributed by atoms with Gasteiger partial charge in [-0.05, 0) is 6.42 Å². The number of hydrogen-bond donors (Lipinski definition) is 5. The molecule has 0 saturated carbocycles. The summed E-state index contributed by atoms with van der Waals surface area (Å²) in [6.07, 6.45) is 0.140. The van der Waals surface area contributed by atoms with Crippen molar-refractivity contribution in [3.8, 4) is 0 Å². The highest BCUT2D eigenvalue weighted by Crippen LogP contribution is 2.16. The molecular formula is C17H28N4O10. The van der Waals surface area contributed by atoms with Crippen LogP contribution < -0.4 is 0 Å². The molecule has 0 aromatic rings. The van der Waals surface area contributed by atoms with E-state index in [0.717, 1.165) is 11.3 Å². The Morgan fingerprint density at radius 2 is 1.03 bits per heavy atom. The lowest BCUT2D eigenvalue weighted by Crippen LogP contribution is -2.61. The number of rotatable bonds is 17. The quantitative estimate of drug-likeness (QED) is 0.154. The molecule has 5 N–H and O–H groups in total. The summed E-state index contributed by atoms with van der Waals surface area (Å²) in [5, 5.41) is 45.4. The molecule has 14 heteroatoms. The number of aliphatic carboxylic acids is 5. The highest BCUT2D eigenvalue weighted by atomic mass is 16.4. The number of carbonyl (C=O) groups is 5. The lowest BCUT2D eigenvalue weighted by atomic mass is 10.1. The van der Waals surface area contributed by atoms with Gasteiger partial charge in [-0.25, -0.2) is 0 Å². The van der Waals surface area contributed by atoms with E-state index in [-0.39, 0.29) is 19.6 Å². The lowest BCUT2D eigenvalue weighted by Gasteiger charge is -2.45. The first-order chi connectivity index (χ1) is 14.5.